The van der Waals surface area contributed by atoms with Crippen LogP contribution in [0.5, 0.6) is 0 Å². The third kappa shape index (κ3) is 10.1. The lowest BCUT2D eigenvalue weighted by atomic mass is 9.83. The highest BCUT2D eigenvalue weighted by Gasteiger charge is 2.50. The first-order chi connectivity index (χ1) is 33.5. The SMILES string of the molecule is CO[C@@H](C)C1=C(c2c3c4cc(ccc4n2CC(F)(F)F)-c2csc(n2)C[C@H](NC(=O)[C@H](C2CCCC2)N2CC[C@]4(CCN(C(=O)[C@H]5CN5)C4)C2)C(=O)N2CCC[C@H](N2)C(=O)OCC(C)(C)C3)CCC=N1. The highest BCUT2D eigenvalue weighted by atomic mass is 32.1. The highest BCUT2D eigenvalue weighted by molar-refractivity contribution is 7.10. The summed E-state index contributed by atoms with van der Waals surface area (Å²) in [6, 6.07) is 3.02. The molecule has 3 aromatic rings. The Kier molecular flexibility index (Phi) is 13.5. The molecule has 4 saturated heterocycles. The summed E-state index contributed by atoms with van der Waals surface area (Å²) in [5.41, 5.74) is 6.42. The topological polar surface area (TPSA) is 173 Å². The number of thiazole rings is 1. The van der Waals surface area contributed by atoms with Gasteiger partial charge in [0.1, 0.15) is 18.6 Å². The molecule has 1 aliphatic carbocycles. The van der Waals surface area contributed by atoms with E-state index >= 15 is 0 Å². The molecule has 0 unspecified atom stereocenters. The second-order valence-corrected chi connectivity index (χ2v) is 22.6. The van der Waals surface area contributed by atoms with Gasteiger partial charge in [0, 0.05) is 90.7 Å². The van der Waals surface area contributed by atoms with Gasteiger partial charge in [-0.1, -0.05) is 32.8 Å². The van der Waals surface area contributed by atoms with E-state index < -0.39 is 48.3 Å². The van der Waals surface area contributed by atoms with Crippen molar-refractivity contribution in [1.82, 2.24) is 40.4 Å². The molecule has 1 spiro atoms. The number of methoxy groups -OCH3 is 1. The van der Waals surface area contributed by atoms with Crippen molar-refractivity contribution in [2.24, 2.45) is 21.7 Å². The fourth-order valence-corrected chi connectivity index (χ4v) is 13.0. The van der Waals surface area contributed by atoms with Crippen molar-refractivity contribution < 1.29 is 41.8 Å². The van der Waals surface area contributed by atoms with Crippen LogP contribution in [-0.2, 0) is 48.0 Å². The number of nitrogens with one attached hydrogen (secondary N) is 3. The second kappa shape index (κ2) is 19.4. The molecule has 7 aliphatic rings. The number of carbonyl (C=O) groups is 4. The number of aliphatic imine (C=N–C) groups is 1. The number of hydrogen-bond acceptors (Lipinski definition) is 12. The summed E-state index contributed by atoms with van der Waals surface area (Å²) >= 11 is 1.36. The van der Waals surface area contributed by atoms with Crippen LogP contribution in [0.2, 0.25) is 0 Å². The lowest BCUT2D eigenvalue weighted by molar-refractivity contribution is -0.155. The normalized spacial score (nSPS) is 27.6. The van der Waals surface area contributed by atoms with E-state index in [1.54, 1.807) is 25.5 Å². The first kappa shape index (κ1) is 48.9. The second-order valence-electron chi connectivity index (χ2n) is 21.7. The number of esters is 1. The summed E-state index contributed by atoms with van der Waals surface area (Å²) in [7, 11) is 1.56. The van der Waals surface area contributed by atoms with E-state index in [2.05, 4.69) is 21.0 Å². The van der Waals surface area contributed by atoms with Crippen molar-refractivity contribution in [2.45, 2.75) is 141 Å². The number of nitrogens with zero attached hydrogens (tertiary/aromatic N) is 6. The van der Waals surface area contributed by atoms with Gasteiger partial charge < -0.3 is 29.6 Å². The van der Waals surface area contributed by atoms with E-state index in [1.807, 2.05) is 37.1 Å². The van der Waals surface area contributed by atoms with Crippen LogP contribution in [0.15, 0.2) is 34.3 Å². The number of aromatic nitrogens is 2. The molecule has 0 radical (unpaired) electrons. The van der Waals surface area contributed by atoms with E-state index in [4.69, 9.17) is 19.5 Å². The van der Waals surface area contributed by atoms with Crippen molar-refractivity contribution in [3.63, 3.8) is 0 Å². The molecule has 1 aromatic carbocycles. The van der Waals surface area contributed by atoms with E-state index in [0.29, 0.717) is 95.0 Å². The Morgan fingerprint density at radius 1 is 1.07 bits per heavy atom. The summed E-state index contributed by atoms with van der Waals surface area (Å²) in [6.07, 6.45) is 4.72. The highest BCUT2D eigenvalue weighted by Crippen LogP contribution is 2.45. The Labute approximate surface area is 410 Å². The van der Waals surface area contributed by atoms with Crippen LogP contribution in [0.25, 0.3) is 27.7 Å². The molecule has 19 heteroatoms. The Bertz CT molecular complexity index is 2580. The predicted octanol–water partition coefficient (Wildman–Crippen LogP) is 6.04. The number of hydrogen-bond donors (Lipinski definition) is 3. The molecule has 378 valence electrons. The van der Waals surface area contributed by atoms with Gasteiger partial charge in [0.2, 0.25) is 11.8 Å². The summed E-state index contributed by atoms with van der Waals surface area (Å²) in [6.45, 7) is 8.34. The summed E-state index contributed by atoms with van der Waals surface area (Å²) in [5.74, 6) is -0.840. The monoisotopic (exact) mass is 989 g/mol. The lowest BCUT2D eigenvalue weighted by Crippen LogP contribution is -2.62. The molecule has 70 heavy (non-hydrogen) atoms. The molecule has 6 atom stereocenters. The van der Waals surface area contributed by atoms with Gasteiger partial charge in [0.05, 0.1) is 46.9 Å². The number of cyclic esters (lactones) is 1. The van der Waals surface area contributed by atoms with Crippen molar-refractivity contribution in [3.05, 3.63) is 45.5 Å². The number of halogens is 3. The smallest absolute Gasteiger partial charge is 0.406 e. The van der Waals surface area contributed by atoms with E-state index in [1.165, 1.54) is 20.9 Å². The van der Waals surface area contributed by atoms with Crippen LogP contribution in [-0.4, -0.2) is 144 Å². The molecule has 3 N–H and O–H groups in total. The lowest BCUT2D eigenvalue weighted by Gasteiger charge is -2.37. The predicted molar refractivity (Wildman–Crippen MR) is 260 cm³/mol. The summed E-state index contributed by atoms with van der Waals surface area (Å²) < 4.78 is 57.3. The van der Waals surface area contributed by atoms with Crippen molar-refractivity contribution >= 4 is 57.7 Å². The quantitative estimate of drug-likeness (QED) is 0.170. The van der Waals surface area contributed by atoms with Gasteiger partial charge in [-0.2, -0.15) is 13.2 Å². The zero-order chi connectivity index (χ0) is 49.1. The minimum Gasteiger partial charge on any atom is -0.464 e. The molecule has 3 amide bonds. The number of amides is 3. The maximum Gasteiger partial charge on any atom is 0.406 e. The van der Waals surface area contributed by atoms with Crippen LogP contribution in [0.3, 0.4) is 0 Å². The first-order valence-electron chi connectivity index (χ1n) is 25.2. The van der Waals surface area contributed by atoms with Gasteiger partial charge in [-0.3, -0.25) is 34.1 Å². The minimum atomic E-state index is -4.55. The number of alkyl halides is 3. The van der Waals surface area contributed by atoms with Crippen molar-refractivity contribution in [3.8, 4) is 11.3 Å². The molecular formula is C51H66F3N9O6S. The van der Waals surface area contributed by atoms with Crippen LogP contribution >= 0.6 is 11.3 Å². The number of likely N-dealkylation sites (tertiary alicyclic amines) is 2. The zero-order valence-electron chi connectivity index (χ0n) is 40.7. The molecule has 5 fully saturated rings. The molecule has 2 aromatic heterocycles. The maximum atomic E-state index is 15.0. The zero-order valence-corrected chi connectivity index (χ0v) is 41.5. The standard InChI is InChI=1S/C51H66F3N9O6S/c1-30(68-4)42-33(11-7-17-55-42)44-35-23-49(2,3)29-69-48(67)36-12-8-18-63(59-36)47(66)37(22-41-57-39(25-70-41)32-13-14-40(34(35)21-32)62(44)28-51(52,53)54)58-45(64)43(31-9-5-6-10-31)60-19-15-50(26-60)16-20-61(27-50)46(65)38-24-56-38/h13-14,17,21,25,30-31,36-38,43,56,59H,5-12,15-16,18-20,22-24,26-29H2,1-4H3,(H,58,64)/t30-,36-,37-,38+,43-,50-/m0/s1. The van der Waals surface area contributed by atoms with Crippen molar-refractivity contribution in [2.75, 3.05) is 53.0 Å². The maximum absolute atomic E-state index is 15.0. The van der Waals surface area contributed by atoms with Gasteiger partial charge in [0.25, 0.3) is 5.91 Å². The number of ether oxygens (including phenoxy) is 2. The van der Waals surface area contributed by atoms with E-state index in [9.17, 15) is 32.3 Å². The molecule has 6 bridgehead atoms. The van der Waals surface area contributed by atoms with Gasteiger partial charge in [-0.25, -0.2) is 10.4 Å². The number of hydrazine groups is 1. The van der Waals surface area contributed by atoms with Gasteiger partial charge in [-0.15, -0.1) is 11.3 Å². The molecule has 10 rings (SSSR count). The van der Waals surface area contributed by atoms with Crippen LogP contribution in [0, 0.1) is 16.7 Å². The van der Waals surface area contributed by atoms with Crippen LogP contribution < -0.4 is 16.1 Å². The number of rotatable bonds is 9. The van der Waals surface area contributed by atoms with E-state index in [0.717, 1.165) is 58.2 Å². The summed E-state index contributed by atoms with van der Waals surface area (Å²) in [4.78, 5) is 70.9. The minimum absolute atomic E-state index is 0.0396. The first-order valence-corrected chi connectivity index (χ1v) is 26.1. The van der Waals surface area contributed by atoms with Crippen LogP contribution in [0.4, 0.5) is 13.2 Å². The number of fused-ring (bicyclic) bond motifs is 6. The fourth-order valence-electron chi connectivity index (χ4n) is 12.2. The third-order valence-corrected chi connectivity index (χ3v) is 16.7. The van der Waals surface area contributed by atoms with E-state index in [-0.39, 0.29) is 54.5 Å². The average molecular weight is 990 g/mol. The summed E-state index contributed by atoms with van der Waals surface area (Å²) in [5, 5.41) is 10.9. The Hall–Kier alpha value is -4.69. The number of allylic oxidation sites excluding steroid dienone is 1. The van der Waals surface area contributed by atoms with Gasteiger partial charge in [0.15, 0.2) is 0 Å². The Morgan fingerprint density at radius 3 is 2.61 bits per heavy atom. The molecular weight excluding hydrogens is 924 g/mol. The van der Waals surface area contributed by atoms with Gasteiger partial charge >= 0.3 is 12.1 Å². The molecule has 6 aliphatic heterocycles. The fraction of sp³-hybridized carbons (Fsp3) is 0.647. The number of carbonyl (C=O) groups excluding carboxylic acids is 4. The Morgan fingerprint density at radius 2 is 1.86 bits per heavy atom. The molecule has 15 nitrogen and oxygen atoms in total. The largest absolute Gasteiger partial charge is 0.464 e. The molecule has 1 saturated carbocycles. The van der Waals surface area contributed by atoms with Crippen LogP contribution in [0.1, 0.15) is 101 Å². The van der Waals surface area contributed by atoms with Gasteiger partial charge in [-0.05, 0) is 94.9 Å². The third-order valence-electron chi connectivity index (χ3n) is 15.9. The Balaban J connectivity index is 1.01. The van der Waals surface area contributed by atoms with Crippen molar-refractivity contribution in [1.29, 1.82) is 0 Å². The average Bonchev–Trinajstić information content (AvgIpc) is 3.78. The molecule has 8 heterocycles. The number of benzene rings is 1.